The van der Waals surface area contributed by atoms with Gasteiger partial charge < -0.3 is 14.8 Å². The Hall–Kier alpha value is -2.08. The largest absolute Gasteiger partial charge is 0.493 e. The highest BCUT2D eigenvalue weighted by atomic mass is 35.5. The smallest absolute Gasteiger partial charge is 0.186 e. The molecule has 0 fully saturated rings. The summed E-state index contributed by atoms with van der Waals surface area (Å²) in [6, 6.07) is 3.40. The fourth-order valence-corrected chi connectivity index (χ4v) is 2.23. The molecule has 0 spiro atoms. The van der Waals surface area contributed by atoms with Crippen LogP contribution in [0.4, 0.5) is 10.2 Å². The Bertz CT molecular complexity index is 680. The van der Waals surface area contributed by atoms with Gasteiger partial charge in [-0.05, 0) is 19.1 Å². The predicted octanol–water partition coefficient (Wildman–Crippen LogP) is 3.30. The number of ether oxygens (including phenoxy) is 2. The lowest BCUT2D eigenvalue weighted by Crippen LogP contribution is -2.04. The maximum absolute atomic E-state index is 13.8. The highest BCUT2D eigenvalue weighted by Gasteiger charge is 2.18. The minimum Gasteiger partial charge on any atom is -0.493 e. The summed E-state index contributed by atoms with van der Waals surface area (Å²) in [5, 5.41) is 3.00. The van der Waals surface area contributed by atoms with E-state index < -0.39 is 5.82 Å². The number of hydrogen-bond acceptors (Lipinski definition) is 5. The summed E-state index contributed by atoms with van der Waals surface area (Å²) >= 11 is 6.32. The molecule has 0 bridgehead atoms. The molecule has 0 aliphatic carbocycles. The first-order valence-corrected chi connectivity index (χ1v) is 6.54. The summed E-state index contributed by atoms with van der Waals surface area (Å²) in [7, 11) is 4.60. The highest BCUT2D eigenvalue weighted by molar-refractivity contribution is 6.35. The van der Waals surface area contributed by atoms with Crippen molar-refractivity contribution in [2.45, 2.75) is 6.92 Å². The molecule has 1 aromatic heterocycles. The number of hydrogen-bond donors (Lipinski definition) is 1. The van der Waals surface area contributed by atoms with Crippen molar-refractivity contribution in [2.24, 2.45) is 0 Å². The van der Waals surface area contributed by atoms with E-state index in [1.54, 1.807) is 26.1 Å². The van der Waals surface area contributed by atoms with Crippen LogP contribution in [0, 0.1) is 12.7 Å². The number of nitrogens with one attached hydrogen (secondary N) is 1. The fourth-order valence-electron chi connectivity index (χ4n) is 1.91. The molecule has 5 nitrogen and oxygen atoms in total. The summed E-state index contributed by atoms with van der Waals surface area (Å²) in [4.78, 5) is 8.27. The van der Waals surface area contributed by atoms with E-state index in [0.717, 1.165) is 0 Å². The lowest BCUT2D eigenvalue weighted by atomic mass is 10.1. The van der Waals surface area contributed by atoms with Crippen LogP contribution in [0.2, 0.25) is 5.02 Å². The molecular formula is C14H15ClFN3O2. The van der Waals surface area contributed by atoms with Crippen molar-refractivity contribution in [3.05, 3.63) is 28.7 Å². The molecule has 0 saturated heterocycles. The minimum atomic E-state index is -0.488. The molecule has 0 radical (unpaired) electrons. The average Bonchev–Trinajstić information content (AvgIpc) is 2.49. The zero-order valence-electron chi connectivity index (χ0n) is 12.1. The molecule has 0 amide bonds. The Morgan fingerprint density at radius 2 is 1.90 bits per heavy atom. The van der Waals surface area contributed by atoms with E-state index in [-0.39, 0.29) is 11.5 Å². The van der Waals surface area contributed by atoms with Gasteiger partial charge in [-0.25, -0.2) is 14.4 Å². The van der Waals surface area contributed by atoms with Crippen molar-refractivity contribution >= 4 is 17.4 Å². The number of aryl methyl sites for hydroxylation is 1. The van der Waals surface area contributed by atoms with Crippen LogP contribution in [-0.4, -0.2) is 31.2 Å². The van der Waals surface area contributed by atoms with Crippen molar-refractivity contribution in [1.82, 2.24) is 9.97 Å². The Balaban J connectivity index is 2.65. The topological polar surface area (TPSA) is 56.3 Å². The van der Waals surface area contributed by atoms with Crippen LogP contribution < -0.4 is 14.8 Å². The summed E-state index contributed by atoms with van der Waals surface area (Å²) in [5.41, 5.74) is 0.768. The average molecular weight is 312 g/mol. The molecule has 1 heterocycles. The summed E-state index contributed by atoms with van der Waals surface area (Å²) < 4.78 is 24.2. The minimum absolute atomic E-state index is 0.114. The SMILES string of the molecule is CNc1nc(-c2ccc(OC)c(OC)c2Cl)nc(C)c1F. The van der Waals surface area contributed by atoms with Gasteiger partial charge in [-0.1, -0.05) is 11.6 Å². The van der Waals surface area contributed by atoms with Gasteiger partial charge >= 0.3 is 0 Å². The molecule has 0 aliphatic rings. The number of aromatic nitrogens is 2. The van der Waals surface area contributed by atoms with Gasteiger partial charge in [-0.2, -0.15) is 0 Å². The number of rotatable bonds is 4. The Morgan fingerprint density at radius 3 is 2.48 bits per heavy atom. The highest BCUT2D eigenvalue weighted by Crippen LogP contribution is 2.41. The number of benzene rings is 1. The van der Waals surface area contributed by atoms with Crippen molar-refractivity contribution in [2.75, 3.05) is 26.6 Å². The third-order valence-electron chi connectivity index (χ3n) is 2.98. The first kappa shape index (κ1) is 15.3. The first-order chi connectivity index (χ1) is 10.0. The van der Waals surface area contributed by atoms with Crippen LogP contribution >= 0.6 is 11.6 Å². The van der Waals surface area contributed by atoms with Gasteiger partial charge in [0.2, 0.25) is 0 Å². The van der Waals surface area contributed by atoms with E-state index in [0.29, 0.717) is 27.9 Å². The van der Waals surface area contributed by atoms with Crippen LogP contribution in [0.3, 0.4) is 0 Å². The molecule has 112 valence electrons. The number of methoxy groups -OCH3 is 2. The predicted molar refractivity (Wildman–Crippen MR) is 79.8 cm³/mol. The van der Waals surface area contributed by atoms with E-state index in [1.807, 2.05) is 0 Å². The molecule has 1 N–H and O–H groups in total. The molecule has 21 heavy (non-hydrogen) atoms. The van der Waals surface area contributed by atoms with Crippen molar-refractivity contribution in [1.29, 1.82) is 0 Å². The maximum Gasteiger partial charge on any atom is 0.186 e. The molecule has 7 heteroatoms. The quantitative estimate of drug-likeness (QED) is 0.939. The van der Waals surface area contributed by atoms with Crippen LogP contribution in [0.25, 0.3) is 11.4 Å². The van der Waals surface area contributed by atoms with E-state index >= 15 is 0 Å². The van der Waals surface area contributed by atoms with Crippen molar-refractivity contribution in [3.8, 4) is 22.9 Å². The van der Waals surface area contributed by atoms with Crippen molar-refractivity contribution < 1.29 is 13.9 Å². The van der Waals surface area contributed by atoms with Gasteiger partial charge in [0, 0.05) is 12.6 Å². The van der Waals surface area contributed by atoms with E-state index in [4.69, 9.17) is 21.1 Å². The fraction of sp³-hybridized carbons (Fsp3) is 0.286. The molecule has 1 aromatic carbocycles. The Kier molecular flexibility index (Phi) is 4.47. The molecule has 0 unspecified atom stereocenters. The van der Waals surface area contributed by atoms with E-state index in [1.165, 1.54) is 14.2 Å². The van der Waals surface area contributed by atoms with Crippen LogP contribution in [-0.2, 0) is 0 Å². The lowest BCUT2D eigenvalue weighted by molar-refractivity contribution is 0.355. The molecule has 0 saturated carbocycles. The van der Waals surface area contributed by atoms with Crippen LogP contribution in [0.1, 0.15) is 5.69 Å². The molecule has 0 atom stereocenters. The molecule has 2 aromatic rings. The van der Waals surface area contributed by atoms with Gasteiger partial charge in [0.1, 0.15) is 0 Å². The van der Waals surface area contributed by atoms with E-state index in [2.05, 4.69) is 15.3 Å². The summed E-state index contributed by atoms with van der Waals surface area (Å²) in [6.07, 6.45) is 0. The van der Waals surface area contributed by atoms with Gasteiger partial charge in [0.25, 0.3) is 0 Å². The van der Waals surface area contributed by atoms with Crippen LogP contribution in [0.15, 0.2) is 12.1 Å². The normalized spacial score (nSPS) is 10.4. The second kappa shape index (κ2) is 6.13. The standard InChI is InChI=1S/C14H15ClFN3O2/c1-7-11(16)14(17-2)19-13(18-7)8-5-6-9(20-3)12(21-4)10(8)15/h5-6H,1-4H3,(H,17,18,19). The number of halogens is 2. The molecular weight excluding hydrogens is 297 g/mol. The number of nitrogens with zero attached hydrogens (tertiary/aromatic N) is 2. The summed E-state index contributed by atoms with van der Waals surface area (Å²) in [5.74, 6) is 0.817. The van der Waals surface area contributed by atoms with Gasteiger partial charge in [-0.3, -0.25) is 0 Å². The summed E-state index contributed by atoms with van der Waals surface area (Å²) in [6.45, 7) is 1.57. The number of anilines is 1. The second-order valence-electron chi connectivity index (χ2n) is 4.21. The third kappa shape index (κ3) is 2.71. The first-order valence-electron chi connectivity index (χ1n) is 6.16. The lowest BCUT2D eigenvalue weighted by Gasteiger charge is -2.13. The van der Waals surface area contributed by atoms with E-state index in [9.17, 15) is 4.39 Å². The third-order valence-corrected chi connectivity index (χ3v) is 3.35. The Morgan fingerprint density at radius 1 is 1.19 bits per heavy atom. The van der Waals surface area contributed by atoms with Gasteiger partial charge in [-0.15, -0.1) is 0 Å². The zero-order valence-corrected chi connectivity index (χ0v) is 12.9. The monoisotopic (exact) mass is 311 g/mol. The van der Waals surface area contributed by atoms with Gasteiger partial charge in [0.15, 0.2) is 29.0 Å². The zero-order chi connectivity index (χ0) is 15.6. The van der Waals surface area contributed by atoms with Gasteiger partial charge in [0.05, 0.1) is 24.9 Å². The maximum atomic E-state index is 13.8. The molecule has 0 aliphatic heterocycles. The van der Waals surface area contributed by atoms with Crippen molar-refractivity contribution in [3.63, 3.8) is 0 Å². The van der Waals surface area contributed by atoms with Crippen LogP contribution in [0.5, 0.6) is 11.5 Å². The Labute approximate surface area is 127 Å². The second-order valence-corrected chi connectivity index (χ2v) is 4.59. The molecule has 2 rings (SSSR count).